The van der Waals surface area contributed by atoms with E-state index in [2.05, 4.69) is 0 Å². The van der Waals surface area contributed by atoms with Crippen LogP contribution in [0.25, 0.3) is 0 Å². The van der Waals surface area contributed by atoms with Crippen LogP contribution < -0.4 is 0 Å². The second-order valence-electron chi connectivity index (χ2n) is 8.44. The van der Waals surface area contributed by atoms with Gasteiger partial charge in [-0.2, -0.15) is 9.57 Å². The molecule has 8 nitrogen and oxygen atoms in total. The van der Waals surface area contributed by atoms with Crippen LogP contribution in [0.15, 0.2) is 29.2 Å². The first-order chi connectivity index (χ1) is 14.4. The number of hydrogen-bond donors (Lipinski definition) is 0. The van der Waals surface area contributed by atoms with Crippen LogP contribution >= 0.6 is 0 Å². The van der Waals surface area contributed by atoms with Gasteiger partial charge in [0, 0.05) is 32.6 Å². The van der Waals surface area contributed by atoms with Gasteiger partial charge in [0.2, 0.25) is 21.8 Å². The lowest BCUT2D eigenvalue weighted by atomic mass is 9.73. The van der Waals surface area contributed by atoms with Crippen LogP contribution in [0.1, 0.15) is 44.1 Å². The summed E-state index contributed by atoms with van der Waals surface area (Å²) in [7, 11) is -3.63. The molecule has 2 aliphatic heterocycles. The lowest BCUT2D eigenvalue weighted by molar-refractivity contribution is -0.145. The number of imide groups is 1. The number of rotatable bonds is 4. The third-order valence-electron chi connectivity index (χ3n) is 6.59. The van der Waals surface area contributed by atoms with E-state index in [9.17, 15) is 18.0 Å². The maximum Gasteiger partial charge on any atom is 0.243 e. The third kappa shape index (κ3) is 3.75. The van der Waals surface area contributed by atoms with Crippen molar-refractivity contribution in [3.63, 3.8) is 0 Å². The molecular formula is C21H26N4O4S. The van der Waals surface area contributed by atoms with E-state index in [4.69, 9.17) is 5.26 Å². The summed E-state index contributed by atoms with van der Waals surface area (Å²) in [5, 5.41) is 8.88. The van der Waals surface area contributed by atoms with Crippen LogP contribution in [0, 0.1) is 16.7 Å². The summed E-state index contributed by atoms with van der Waals surface area (Å²) in [5.41, 5.74) is -0.0785. The molecule has 0 unspecified atom stereocenters. The second-order valence-corrected chi connectivity index (χ2v) is 10.4. The zero-order valence-corrected chi connectivity index (χ0v) is 17.7. The summed E-state index contributed by atoms with van der Waals surface area (Å²) in [6, 6.07) is 7.87. The Kier molecular flexibility index (Phi) is 5.66. The molecule has 0 N–H and O–H groups in total. The number of nitrogens with zero attached hydrogens (tertiary/aromatic N) is 4. The Morgan fingerprint density at radius 1 is 0.967 bits per heavy atom. The van der Waals surface area contributed by atoms with E-state index < -0.39 is 15.4 Å². The molecule has 1 aromatic carbocycles. The van der Waals surface area contributed by atoms with Gasteiger partial charge >= 0.3 is 0 Å². The standard InChI is InChI=1S/C21H26N4O4S/c22-15-17-4-6-18(7-5-17)30(28,29)24-12-10-23(11-13-24)16-25-19(26)14-21(20(25)27)8-2-1-3-9-21/h4-7H,1-3,8-14,16H2. The Bertz CT molecular complexity index is 969. The molecule has 4 rings (SSSR count). The highest BCUT2D eigenvalue weighted by molar-refractivity contribution is 7.89. The molecule has 0 aromatic heterocycles. The Morgan fingerprint density at radius 3 is 2.20 bits per heavy atom. The molecule has 0 radical (unpaired) electrons. The van der Waals surface area contributed by atoms with Crippen LogP contribution in [0.5, 0.6) is 0 Å². The van der Waals surface area contributed by atoms with Gasteiger partial charge < -0.3 is 0 Å². The van der Waals surface area contributed by atoms with Gasteiger partial charge in [-0.3, -0.25) is 19.4 Å². The van der Waals surface area contributed by atoms with Crippen molar-refractivity contribution in [3.05, 3.63) is 29.8 Å². The highest BCUT2D eigenvalue weighted by atomic mass is 32.2. The smallest absolute Gasteiger partial charge is 0.243 e. The van der Waals surface area contributed by atoms with Crippen molar-refractivity contribution < 1.29 is 18.0 Å². The molecule has 2 saturated heterocycles. The van der Waals surface area contributed by atoms with Crippen molar-refractivity contribution in [2.75, 3.05) is 32.8 Å². The van der Waals surface area contributed by atoms with Gasteiger partial charge in [-0.05, 0) is 37.1 Å². The van der Waals surface area contributed by atoms with Crippen LogP contribution in [0.4, 0.5) is 0 Å². The van der Waals surface area contributed by atoms with Gasteiger partial charge in [0.25, 0.3) is 0 Å². The molecular weight excluding hydrogens is 404 g/mol. The van der Waals surface area contributed by atoms with E-state index >= 15 is 0 Å². The van der Waals surface area contributed by atoms with Gasteiger partial charge in [-0.15, -0.1) is 0 Å². The van der Waals surface area contributed by atoms with E-state index in [1.54, 1.807) is 0 Å². The SMILES string of the molecule is N#Cc1ccc(S(=O)(=O)N2CCN(CN3C(=O)CC4(CCCCC4)C3=O)CC2)cc1. The zero-order chi connectivity index (χ0) is 21.4. The first-order valence-corrected chi connectivity index (χ1v) is 11.9. The summed E-state index contributed by atoms with van der Waals surface area (Å²) in [4.78, 5) is 29.0. The average molecular weight is 431 g/mol. The quantitative estimate of drug-likeness (QED) is 0.672. The van der Waals surface area contributed by atoms with Crippen molar-refractivity contribution >= 4 is 21.8 Å². The fraction of sp³-hybridized carbons (Fsp3) is 0.571. The lowest BCUT2D eigenvalue weighted by Crippen LogP contribution is -2.52. The van der Waals surface area contributed by atoms with Crippen molar-refractivity contribution in [1.29, 1.82) is 5.26 Å². The number of likely N-dealkylation sites (tertiary alicyclic amines) is 1. The molecule has 1 aromatic rings. The van der Waals surface area contributed by atoms with E-state index in [1.165, 1.54) is 33.5 Å². The average Bonchev–Trinajstić information content (AvgIpc) is 2.98. The van der Waals surface area contributed by atoms with Gasteiger partial charge in [0.05, 0.1) is 28.6 Å². The number of carbonyl (C=O) groups is 2. The van der Waals surface area contributed by atoms with Crippen LogP contribution in [0.2, 0.25) is 0 Å². The predicted octanol–water partition coefficient (Wildman–Crippen LogP) is 1.53. The summed E-state index contributed by atoms with van der Waals surface area (Å²) >= 11 is 0. The number of carbonyl (C=O) groups excluding carboxylic acids is 2. The zero-order valence-electron chi connectivity index (χ0n) is 16.9. The first kappa shape index (κ1) is 21.0. The lowest BCUT2D eigenvalue weighted by Gasteiger charge is -2.36. The van der Waals surface area contributed by atoms with Crippen LogP contribution in [0.3, 0.4) is 0 Å². The number of piperazine rings is 1. The van der Waals surface area contributed by atoms with Crippen LogP contribution in [-0.2, 0) is 19.6 Å². The summed E-state index contributed by atoms with van der Waals surface area (Å²) < 4.78 is 27.1. The Hall–Kier alpha value is -2.28. The van der Waals surface area contributed by atoms with Gasteiger partial charge in [-0.25, -0.2) is 8.42 Å². The normalized spacial score (nSPS) is 23.1. The van der Waals surface area contributed by atoms with Gasteiger partial charge in [0.15, 0.2) is 0 Å². The fourth-order valence-corrected chi connectivity index (χ4v) is 6.21. The minimum absolute atomic E-state index is 0.0418. The fourth-order valence-electron chi connectivity index (χ4n) is 4.78. The highest BCUT2D eigenvalue weighted by Gasteiger charge is 2.51. The summed E-state index contributed by atoms with van der Waals surface area (Å²) in [5.74, 6) is -0.144. The van der Waals surface area contributed by atoms with E-state index in [1.807, 2.05) is 11.0 Å². The van der Waals surface area contributed by atoms with E-state index in [0.717, 1.165) is 32.1 Å². The first-order valence-electron chi connectivity index (χ1n) is 10.4. The Balaban J connectivity index is 1.37. The Labute approximate surface area is 177 Å². The van der Waals surface area contributed by atoms with E-state index in [0.29, 0.717) is 38.2 Å². The molecule has 3 fully saturated rings. The predicted molar refractivity (Wildman–Crippen MR) is 108 cm³/mol. The summed E-state index contributed by atoms with van der Waals surface area (Å²) in [6.45, 7) is 1.75. The molecule has 0 atom stereocenters. The van der Waals surface area contributed by atoms with Crippen LogP contribution in [-0.4, -0.2) is 67.2 Å². The maximum absolute atomic E-state index is 13.0. The minimum Gasteiger partial charge on any atom is -0.283 e. The molecule has 1 saturated carbocycles. The molecule has 2 heterocycles. The number of benzene rings is 1. The molecule has 1 spiro atoms. The monoisotopic (exact) mass is 430 g/mol. The number of nitriles is 1. The molecule has 1 aliphatic carbocycles. The van der Waals surface area contributed by atoms with E-state index in [-0.39, 0.29) is 23.4 Å². The van der Waals surface area contributed by atoms with Gasteiger partial charge in [0.1, 0.15) is 0 Å². The Morgan fingerprint density at radius 2 is 1.60 bits per heavy atom. The maximum atomic E-state index is 13.0. The number of hydrogen-bond acceptors (Lipinski definition) is 6. The second kappa shape index (κ2) is 8.10. The topological polar surface area (TPSA) is 102 Å². The van der Waals surface area contributed by atoms with Gasteiger partial charge in [-0.1, -0.05) is 19.3 Å². The molecule has 2 amide bonds. The third-order valence-corrected chi connectivity index (χ3v) is 8.51. The molecule has 9 heteroatoms. The molecule has 160 valence electrons. The molecule has 30 heavy (non-hydrogen) atoms. The molecule has 0 bridgehead atoms. The largest absolute Gasteiger partial charge is 0.283 e. The van der Waals surface area contributed by atoms with Crippen molar-refractivity contribution in [1.82, 2.24) is 14.1 Å². The van der Waals surface area contributed by atoms with Crippen molar-refractivity contribution in [3.8, 4) is 6.07 Å². The van der Waals surface area contributed by atoms with Crippen molar-refractivity contribution in [2.45, 2.75) is 43.4 Å². The highest BCUT2D eigenvalue weighted by Crippen LogP contribution is 2.45. The summed E-state index contributed by atoms with van der Waals surface area (Å²) in [6.07, 6.45) is 5.03. The van der Waals surface area contributed by atoms with Crippen molar-refractivity contribution in [2.24, 2.45) is 5.41 Å². The minimum atomic E-state index is -3.63. The number of amides is 2. The number of sulfonamides is 1. The molecule has 3 aliphatic rings.